The zero-order valence-corrected chi connectivity index (χ0v) is 14.7. The molecule has 0 spiro atoms. The average molecular weight is 342 g/mol. The van der Waals surface area contributed by atoms with Gasteiger partial charge in [0, 0.05) is 30.3 Å². The molecule has 6 heteroatoms. The zero-order valence-electron chi connectivity index (χ0n) is 14.7. The van der Waals surface area contributed by atoms with Crippen LogP contribution in [0.3, 0.4) is 0 Å². The largest absolute Gasteiger partial charge is 0.483 e. The van der Waals surface area contributed by atoms with Gasteiger partial charge in [-0.3, -0.25) is 4.79 Å². The third-order valence-corrected chi connectivity index (χ3v) is 3.93. The minimum atomic E-state index is -0.249. The fourth-order valence-electron chi connectivity index (χ4n) is 2.83. The number of aromatic nitrogens is 1. The van der Waals surface area contributed by atoms with Gasteiger partial charge in [0.05, 0.1) is 7.11 Å². The number of methoxy groups -OCH3 is 1. The first-order chi connectivity index (χ1) is 12.0. The Morgan fingerprint density at radius 1 is 1.32 bits per heavy atom. The summed E-state index contributed by atoms with van der Waals surface area (Å²) in [7, 11) is 1.55. The summed E-state index contributed by atoms with van der Waals surface area (Å²) in [5.74, 6) is 1.60. The van der Waals surface area contributed by atoms with Gasteiger partial charge in [0.15, 0.2) is 18.1 Å². The Balaban J connectivity index is 1.56. The minimum absolute atomic E-state index is 0.0805. The van der Waals surface area contributed by atoms with Gasteiger partial charge in [-0.05, 0) is 26.0 Å². The van der Waals surface area contributed by atoms with Gasteiger partial charge in [0.25, 0.3) is 5.91 Å². The Morgan fingerprint density at radius 3 is 2.96 bits per heavy atom. The number of nitrogens with zero attached hydrogens (tertiary/aromatic N) is 1. The van der Waals surface area contributed by atoms with Crippen LogP contribution in [0.2, 0.25) is 0 Å². The summed E-state index contributed by atoms with van der Waals surface area (Å²) in [4.78, 5) is 16.2. The molecule has 0 saturated carbocycles. The van der Waals surface area contributed by atoms with Crippen LogP contribution >= 0.6 is 0 Å². The molecule has 0 unspecified atom stereocenters. The van der Waals surface area contributed by atoms with E-state index in [9.17, 15) is 4.79 Å². The fraction of sp³-hybridized carbons (Fsp3) is 0.368. The summed E-state index contributed by atoms with van der Waals surface area (Å²) in [5.41, 5.74) is 1.66. The van der Waals surface area contributed by atoms with Crippen molar-refractivity contribution in [1.29, 1.82) is 0 Å². The number of amides is 1. The second-order valence-electron chi connectivity index (χ2n) is 6.52. The number of ether oxygens (including phenoxy) is 3. The fourth-order valence-corrected chi connectivity index (χ4v) is 2.83. The second kappa shape index (κ2) is 7.01. The van der Waals surface area contributed by atoms with E-state index in [-0.39, 0.29) is 18.1 Å². The van der Waals surface area contributed by atoms with Gasteiger partial charge in [-0.15, -0.1) is 0 Å². The molecule has 0 bridgehead atoms. The van der Waals surface area contributed by atoms with E-state index in [0.29, 0.717) is 18.2 Å². The topological polar surface area (TPSA) is 69.7 Å². The molecule has 2 heterocycles. The van der Waals surface area contributed by atoms with Gasteiger partial charge in [-0.1, -0.05) is 18.2 Å². The van der Waals surface area contributed by atoms with E-state index in [1.54, 1.807) is 19.4 Å². The molecule has 1 aliphatic rings. The third kappa shape index (κ3) is 4.02. The van der Waals surface area contributed by atoms with Crippen LogP contribution in [0, 0.1) is 0 Å². The molecule has 132 valence electrons. The predicted octanol–water partition coefficient (Wildman–Crippen LogP) is 2.50. The van der Waals surface area contributed by atoms with E-state index in [4.69, 9.17) is 14.2 Å². The van der Waals surface area contributed by atoms with Crippen molar-refractivity contribution in [1.82, 2.24) is 10.3 Å². The van der Waals surface area contributed by atoms with Crippen molar-refractivity contribution in [2.75, 3.05) is 13.7 Å². The molecule has 2 aromatic rings. The van der Waals surface area contributed by atoms with Crippen LogP contribution in [-0.2, 0) is 17.8 Å². The smallest absolute Gasteiger partial charge is 0.258 e. The number of fused-ring (bicyclic) bond motifs is 1. The SMILES string of the molecule is COc1ncccc1CNC(=O)COc1cccc2c1OC(C)(C)C2. The number of carbonyl (C=O) groups excluding carboxylic acids is 1. The molecule has 6 nitrogen and oxygen atoms in total. The summed E-state index contributed by atoms with van der Waals surface area (Å²) in [6.45, 7) is 4.31. The lowest BCUT2D eigenvalue weighted by Gasteiger charge is -2.18. The van der Waals surface area contributed by atoms with Crippen LogP contribution in [0.1, 0.15) is 25.0 Å². The van der Waals surface area contributed by atoms with Crippen molar-refractivity contribution >= 4 is 5.91 Å². The van der Waals surface area contributed by atoms with Crippen molar-refractivity contribution in [3.63, 3.8) is 0 Å². The standard InChI is InChI=1S/C19H22N2O4/c1-19(2)10-13-6-4-8-15(17(13)25-19)24-12-16(22)21-11-14-7-5-9-20-18(14)23-3/h4-9H,10-12H2,1-3H3,(H,21,22). The Morgan fingerprint density at radius 2 is 2.16 bits per heavy atom. The minimum Gasteiger partial charge on any atom is -0.483 e. The highest BCUT2D eigenvalue weighted by atomic mass is 16.5. The normalized spacial score (nSPS) is 14.4. The van der Waals surface area contributed by atoms with Gasteiger partial charge in [-0.25, -0.2) is 4.98 Å². The Bertz CT molecular complexity index is 774. The van der Waals surface area contributed by atoms with Gasteiger partial charge >= 0.3 is 0 Å². The van der Waals surface area contributed by atoms with Crippen molar-refractivity contribution in [3.05, 3.63) is 47.7 Å². The highest BCUT2D eigenvalue weighted by Gasteiger charge is 2.32. The molecular weight excluding hydrogens is 320 g/mol. The number of carbonyl (C=O) groups is 1. The van der Waals surface area contributed by atoms with Crippen molar-refractivity contribution in [3.8, 4) is 17.4 Å². The molecule has 1 aliphatic heterocycles. The molecule has 0 aliphatic carbocycles. The summed E-state index contributed by atoms with van der Waals surface area (Å²) in [5, 5.41) is 2.80. The van der Waals surface area contributed by atoms with Crippen LogP contribution in [0.15, 0.2) is 36.5 Å². The molecule has 0 radical (unpaired) electrons. The second-order valence-corrected chi connectivity index (χ2v) is 6.52. The number of rotatable bonds is 6. The van der Waals surface area contributed by atoms with E-state index >= 15 is 0 Å². The van der Waals surface area contributed by atoms with E-state index < -0.39 is 0 Å². The van der Waals surface area contributed by atoms with Gasteiger partial charge in [0.2, 0.25) is 5.88 Å². The van der Waals surface area contributed by atoms with Gasteiger partial charge < -0.3 is 19.5 Å². The molecule has 1 aromatic heterocycles. The van der Waals surface area contributed by atoms with E-state index in [1.165, 1.54) is 0 Å². The van der Waals surface area contributed by atoms with Crippen molar-refractivity contribution < 1.29 is 19.0 Å². The number of hydrogen-bond donors (Lipinski definition) is 1. The van der Waals surface area contributed by atoms with Gasteiger partial charge in [0.1, 0.15) is 5.60 Å². The maximum absolute atomic E-state index is 12.1. The van der Waals surface area contributed by atoms with Crippen LogP contribution < -0.4 is 19.5 Å². The first-order valence-electron chi connectivity index (χ1n) is 8.17. The molecule has 1 aromatic carbocycles. The van der Waals surface area contributed by atoms with E-state index in [1.807, 2.05) is 38.1 Å². The van der Waals surface area contributed by atoms with Crippen LogP contribution in [-0.4, -0.2) is 30.2 Å². The summed E-state index contributed by atoms with van der Waals surface area (Å²) in [6.07, 6.45) is 2.47. The van der Waals surface area contributed by atoms with E-state index in [2.05, 4.69) is 10.3 Å². The molecular formula is C19H22N2O4. The van der Waals surface area contributed by atoms with E-state index in [0.717, 1.165) is 23.3 Å². The number of nitrogens with one attached hydrogen (secondary N) is 1. The lowest BCUT2D eigenvalue weighted by molar-refractivity contribution is -0.123. The summed E-state index contributed by atoms with van der Waals surface area (Å²) >= 11 is 0. The lowest BCUT2D eigenvalue weighted by Crippen LogP contribution is -2.28. The van der Waals surface area contributed by atoms with Crippen molar-refractivity contribution in [2.24, 2.45) is 0 Å². The van der Waals surface area contributed by atoms with Crippen LogP contribution in [0.4, 0.5) is 0 Å². The number of para-hydroxylation sites is 1. The molecule has 0 atom stereocenters. The highest BCUT2D eigenvalue weighted by Crippen LogP contribution is 2.41. The molecule has 1 amide bonds. The Hall–Kier alpha value is -2.76. The Kier molecular flexibility index (Phi) is 4.79. The molecule has 0 fully saturated rings. The molecule has 0 saturated heterocycles. The third-order valence-electron chi connectivity index (χ3n) is 3.93. The number of benzene rings is 1. The zero-order chi connectivity index (χ0) is 17.9. The highest BCUT2D eigenvalue weighted by molar-refractivity contribution is 5.77. The van der Waals surface area contributed by atoms with Crippen molar-refractivity contribution in [2.45, 2.75) is 32.4 Å². The Labute approximate surface area is 147 Å². The maximum Gasteiger partial charge on any atom is 0.258 e. The quantitative estimate of drug-likeness (QED) is 0.873. The average Bonchev–Trinajstić information content (AvgIpc) is 2.92. The molecule has 3 rings (SSSR count). The van der Waals surface area contributed by atoms with Crippen LogP contribution in [0.5, 0.6) is 17.4 Å². The monoisotopic (exact) mass is 342 g/mol. The molecule has 25 heavy (non-hydrogen) atoms. The number of pyridine rings is 1. The summed E-state index contributed by atoms with van der Waals surface area (Å²) < 4.78 is 16.8. The maximum atomic E-state index is 12.1. The predicted molar refractivity (Wildman–Crippen MR) is 93.0 cm³/mol. The summed E-state index contributed by atoms with van der Waals surface area (Å²) in [6, 6.07) is 9.40. The first-order valence-corrected chi connectivity index (χ1v) is 8.17. The number of hydrogen-bond acceptors (Lipinski definition) is 5. The van der Waals surface area contributed by atoms with Gasteiger partial charge in [-0.2, -0.15) is 0 Å². The first kappa shape index (κ1) is 17.1. The lowest BCUT2D eigenvalue weighted by atomic mass is 10.0. The van der Waals surface area contributed by atoms with Crippen LogP contribution in [0.25, 0.3) is 0 Å². The molecule has 1 N–H and O–H groups in total.